The topological polar surface area (TPSA) is 284 Å². The van der Waals surface area contributed by atoms with Gasteiger partial charge in [-0.25, -0.2) is 0 Å². The fraction of sp³-hybridized carbons (Fsp3) is 0.917. The molecule has 22 atom stereocenters. The molecule has 0 spiro atoms. The molecule has 0 aromatic heterocycles. The first-order valence-electron chi connectivity index (χ1n) is 24.2. The number of carbonyl (C=O) groups is 2. The lowest BCUT2D eigenvalue weighted by atomic mass is 9.33. The van der Waals surface area contributed by atoms with E-state index in [9.17, 15) is 55.5 Å². The van der Waals surface area contributed by atoms with Crippen molar-refractivity contribution in [2.75, 3.05) is 19.8 Å². The Bertz CT molecular complexity index is 1850. The summed E-state index contributed by atoms with van der Waals surface area (Å²) in [6.45, 7) is 16.0. The van der Waals surface area contributed by atoms with Crippen molar-refractivity contribution in [3.63, 3.8) is 0 Å². The maximum absolute atomic E-state index is 13.2. The number of aliphatic hydroxyl groups excluding tert-OH is 8. The second-order valence-electron chi connectivity index (χ2n) is 23.5. The fourth-order valence-electron chi connectivity index (χ4n) is 15.0. The summed E-state index contributed by atoms with van der Waals surface area (Å²) >= 11 is 0. The van der Waals surface area contributed by atoms with Crippen LogP contribution in [0.1, 0.15) is 113 Å². The van der Waals surface area contributed by atoms with Gasteiger partial charge >= 0.3 is 5.97 Å². The molecule has 10 N–H and O–H groups in total. The lowest BCUT2D eigenvalue weighted by Crippen LogP contribution is -2.68. The Morgan fingerprint density at radius 3 is 2.08 bits per heavy atom. The van der Waals surface area contributed by atoms with Gasteiger partial charge in [0.15, 0.2) is 18.9 Å². The van der Waals surface area contributed by atoms with E-state index in [0.717, 1.165) is 38.5 Å². The highest BCUT2D eigenvalue weighted by Gasteiger charge is 2.71. The number of carboxylic acids is 1. The summed E-state index contributed by atoms with van der Waals surface area (Å²) in [5.41, 5.74) is -1.25. The normalized spacial score (nSPS) is 52.1. The van der Waals surface area contributed by atoms with E-state index in [1.807, 2.05) is 0 Å². The van der Waals surface area contributed by atoms with Crippen molar-refractivity contribution in [3.05, 3.63) is 11.6 Å². The zero-order valence-electron chi connectivity index (χ0n) is 39.7. The van der Waals surface area contributed by atoms with Gasteiger partial charge in [0.2, 0.25) is 5.91 Å². The molecule has 1 amide bonds. The lowest BCUT2D eigenvalue weighted by Gasteiger charge is -2.71. The van der Waals surface area contributed by atoms with Crippen LogP contribution in [0.25, 0.3) is 0 Å². The maximum Gasteiger partial charge on any atom is 0.312 e. The smallest absolute Gasteiger partial charge is 0.312 e. The molecule has 66 heavy (non-hydrogen) atoms. The molecule has 18 heteroatoms. The van der Waals surface area contributed by atoms with E-state index in [4.69, 9.17) is 28.4 Å². The summed E-state index contributed by atoms with van der Waals surface area (Å²) < 4.78 is 36.0. The predicted octanol–water partition coefficient (Wildman–Crippen LogP) is 1.10. The molecule has 376 valence electrons. The second-order valence-corrected chi connectivity index (χ2v) is 23.5. The van der Waals surface area contributed by atoms with Gasteiger partial charge in [-0.05, 0) is 103 Å². The average Bonchev–Trinajstić information content (AvgIpc) is 3.23. The Morgan fingerprint density at radius 1 is 0.742 bits per heavy atom. The number of ether oxygens (including phenoxy) is 6. The van der Waals surface area contributed by atoms with Gasteiger partial charge in [0.25, 0.3) is 0 Å². The van der Waals surface area contributed by atoms with Crippen LogP contribution in [0.15, 0.2) is 11.6 Å². The quantitative estimate of drug-likeness (QED) is 0.114. The van der Waals surface area contributed by atoms with Crippen LogP contribution in [0.2, 0.25) is 0 Å². The van der Waals surface area contributed by atoms with E-state index in [-0.39, 0.29) is 47.2 Å². The van der Waals surface area contributed by atoms with Crippen LogP contribution < -0.4 is 5.32 Å². The zero-order chi connectivity index (χ0) is 48.3. The number of amides is 1. The van der Waals surface area contributed by atoms with Crippen LogP contribution in [-0.4, -0.2) is 170 Å². The van der Waals surface area contributed by atoms with Crippen molar-refractivity contribution in [3.8, 4) is 0 Å². The fourth-order valence-corrected chi connectivity index (χ4v) is 15.0. The monoisotopic (exact) mass is 940 g/mol. The number of carboxylic acid groups (broad SMARTS) is 1. The van der Waals surface area contributed by atoms with Crippen molar-refractivity contribution in [1.82, 2.24) is 5.32 Å². The summed E-state index contributed by atoms with van der Waals surface area (Å²) in [6.07, 6.45) is -10.5. The molecule has 0 aromatic rings. The SMILES string of the molecule is CC(=O)N[C@H]1[C@H](O[C@H]2CC[C@@]3(C)C(CC[C@]4(C)[C@@H]3CC=C3[C@@H]5CC(C)(C)CC[C@]5(C(=O)O)[C@H](O)C[C@]34C)C2(C)C)O[C@H](CO[C@@H]2OC[C@H](O)[C@H](O)[C@H]2O[C@@H]2OC[C@@H](O)[C@H](O)[C@H]2O)[C@@H](O)[C@@H]1O. The zero-order valence-corrected chi connectivity index (χ0v) is 39.7. The van der Waals surface area contributed by atoms with Crippen molar-refractivity contribution >= 4 is 11.9 Å². The number of allylic oxidation sites excluding steroid dienone is 2. The molecule has 4 saturated carbocycles. The third-order valence-electron chi connectivity index (χ3n) is 19.0. The van der Waals surface area contributed by atoms with E-state index in [0.29, 0.717) is 19.3 Å². The van der Waals surface area contributed by atoms with E-state index < -0.39 is 127 Å². The van der Waals surface area contributed by atoms with Crippen LogP contribution in [0.5, 0.6) is 0 Å². The van der Waals surface area contributed by atoms with E-state index >= 15 is 0 Å². The molecule has 3 aliphatic heterocycles. The van der Waals surface area contributed by atoms with Gasteiger partial charge in [-0.2, -0.15) is 0 Å². The Morgan fingerprint density at radius 2 is 1.41 bits per heavy atom. The van der Waals surface area contributed by atoms with Crippen LogP contribution >= 0.6 is 0 Å². The second kappa shape index (κ2) is 17.8. The van der Waals surface area contributed by atoms with Crippen LogP contribution in [0.4, 0.5) is 0 Å². The number of fused-ring (bicyclic) bond motifs is 7. The largest absolute Gasteiger partial charge is 0.481 e. The van der Waals surface area contributed by atoms with Crippen molar-refractivity contribution < 1.29 is 84.0 Å². The average molecular weight is 940 g/mol. The molecular formula is C48H77NO17. The summed E-state index contributed by atoms with van der Waals surface area (Å²) in [7, 11) is 0. The highest BCUT2D eigenvalue weighted by Crippen LogP contribution is 2.76. The summed E-state index contributed by atoms with van der Waals surface area (Å²) in [5, 5.41) is 100. The van der Waals surface area contributed by atoms with Gasteiger partial charge < -0.3 is 79.7 Å². The predicted molar refractivity (Wildman–Crippen MR) is 232 cm³/mol. The molecule has 18 nitrogen and oxygen atoms in total. The number of nitrogens with one attached hydrogen (secondary N) is 1. The standard InChI is InChI=1S/C48H77NO17/c1-22(50)49-32-36(57)35(56)27(21-63-41-38(34(55)26(52)20-62-41)66-40-37(58)33(54)25(51)19-61-40)64-39(32)65-31-12-13-45(6)28(44(31,4)5)11-14-46(7)29(45)10-9-23-24-17-43(2,3)15-16-48(24,42(59)60)30(53)18-47(23,46)8/h9,24-41,51-58H,10-21H2,1-8H3,(H,49,50)(H,59,60)/t24-,25+,26-,27+,28?,29+,30+,31-,32+,33-,34-,35+,36+,37+,38+,39-,40-,41-,45-,46+,47+,48+/m0/s1. The summed E-state index contributed by atoms with van der Waals surface area (Å²) in [6, 6.07) is -1.17. The maximum atomic E-state index is 13.2. The molecule has 3 heterocycles. The van der Waals surface area contributed by atoms with Gasteiger partial charge in [-0.3, -0.25) is 9.59 Å². The number of hydrogen-bond donors (Lipinski definition) is 10. The Balaban J connectivity index is 1.00. The lowest BCUT2D eigenvalue weighted by molar-refractivity contribution is -0.352. The van der Waals surface area contributed by atoms with E-state index in [1.54, 1.807) is 0 Å². The van der Waals surface area contributed by atoms with Crippen molar-refractivity contribution in [1.29, 1.82) is 0 Å². The molecule has 5 aliphatic carbocycles. The third kappa shape index (κ3) is 8.02. The summed E-state index contributed by atoms with van der Waals surface area (Å²) in [4.78, 5) is 25.7. The molecule has 3 saturated heterocycles. The Labute approximate surface area is 387 Å². The number of aliphatic carboxylic acids is 1. The van der Waals surface area contributed by atoms with E-state index in [1.165, 1.54) is 12.5 Å². The van der Waals surface area contributed by atoms with Crippen molar-refractivity contribution in [2.45, 2.75) is 205 Å². The molecule has 1 unspecified atom stereocenters. The number of carbonyl (C=O) groups excluding carboxylic acids is 1. The van der Waals surface area contributed by atoms with Crippen molar-refractivity contribution in [2.24, 2.45) is 50.2 Å². The van der Waals surface area contributed by atoms with Gasteiger partial charge in [0.1, 0.15) is 66.4 Å². The first kappa shape index (κ1) is 50.5. The molecule has 0 aromatic carbocycles. The highest BCUT2D eigenvalue weighted by molar-refractivity contribution is 5.77. The molecule has 0 radical (unpaired) electrons. The van der Waals surface area contributed by atoms with Crippen LogP contribution in [0.3, 0.4) is 0 Å². The number of hydrogen-bond acceptors (Lipinski definition) is 16. The van der Waals surface area contributed by atoms with Crippen LogP contribution in [0, 0.1) is 50.2 Å². The first-order valence-corrected chi connectivity index (χ1v) is 24.2. The van der Waals surface area contributed by atoms with Gasteiger partial charge in [-0.1, -0.05) is 60.1 Å². The minimum atomic E-state index is -1.71. The first-order chi connectivity index (χ1) is 30.7. The highest BCUT2D eigenvalue weighted by atomic mass is 16.8. The minimum Gasteiger partial charge on any atom is -0.481 e. The Hall–Kier alpha value is -1.88. The third-order valence-corrected chi connectivity index (χ3v) is 19.0. The molecule has 7 fully saturated rings. The number of aliphatic hydroxyl groups is 8. The van der Waals surface area contributed by atoms with Gasteiger partial charge in [0.05, 0.1) is 32.0 Å². The molecule has 8 rings (SSSR count). The Kier molecular flexibility index (Phi) is 13.6. The van der Waals surface area contributed by atoms with Gasteiger partial charge in [-0.15, -0.1) is 0 Å². The molecule has 0 bridgehead atoms. The number of rotatable bonds is 9. The summed E-state index contributed by atoms with van der Waals surface area (Å²) in [5.74, 6) is -1.21. The van der Waals surface area contributed by atoms with Crippen LogP contribution in [-0.2, 0) is 38.0 Å². The van der Waals surface area contributed by atoms with Gasteiger partial charge in [0, 0.05) is 6.92 Å². The minimum absolute atomic E-state index is 0.0435. The van der Waals surface area contributed by atoms with E-state index in [2.05, 4.69) is 59.9 Å². The molecular weight excluding hydrogens is 863 g/mol. The molecule has 8 aliphatic rings.